The maximum absolute atomic E-state index is 5.55. The molecule has 0 saturated carbocycles. The van der Waals surface area contributed by atoms with Gasteiger partial charge < -0.3 is 5.43 Å². The van der Waals surface area contributed by atoms with E-state index in [1.807, 2.05) is 19.2 Å². The zero-order valence-electron chi connectivity index (χ0n) is 11.0. The number of nitrogens with zero attached hydrogens (tertiary/aromatic N) is 3. The van der Waals surface area contributed by atoms with Gasteiger partial charge in [0.2, 0.25) is 0 Å². The summed E-state index contributed by atoms with van der Waals surface area (Å²) in [5.74, 6) is 7.18. The van der Waals surface area contributed by atoms with E-state index >= 15 is 0 Å². The van der Waals surface area contributed by atoms with Crippen LogP contribution in [0, 0.1) is 13.8 Å². The molecule has 0 amide bonds. The van der Waals surface area contributed by atoms with Gasteiger partial charge in [0.25, 0.3) is 0 Å². The van der Waals surface area contributed by atoms with E-state index in [2.05, 4.69) is 34.2 Å². The molecule has 2 aromatic rings. The SMILES string of the molecule is Cc1csc(-c2nc(C)c(C(C)C)c(NN)n2)n1. The summed E-state index contributed by atoms with van der Waals surface area (Å²) in [5.41, 5.74) is 5.63. The molecule has 3 N–H and O–H groups in total. The maximum Gasteiger partial charge on any atom is 0.190 e. The van der Waals surface area contributed by atoms with Gasteiger partial charge in [-0.15, -0.1) is 11.3 Å². The third-order valence-corrected chi connectivity index (χ3v) is 3.62. The standard InChI is InChI=1S/C12H17N5S/c1-6(2)9-8(4)15-11(16-10(9)17-13)12-14-7(3)5-18-12/h5-6H,13H2,1-4H3,(H,15,16,17). The van der Waals surface area contributed by atoms with Crippen LogP contribution in [-0.4, -0.2) is 15.0 Å². The fourth-order valence-corrected chi connectivity index (χ4v) is 2.66. The summed E-state index contributed by atoms with van der Waals surface area (Å²) >= 11 is 1.54. The number of nitrogens with two attached hydrogens (primary N) is 1. The van der Waals surface area contributed by atoms with Crippen molar-refractivity contribution in [1.29, 1.82) is 0 Å². The Morgan fingerprint density at radius 3 is 2.44 bits per heavy atom. The summed E-state index contributed by atoms with van der Waals surface area (Å²) in [6.07, 6.45) is 0. The molecule has 6 heteroatoms. The van der Waals surface area contributed by atoms with Gasteiger partial charge in [0, 0.05) is 22.3 Å². The Hall–Kier alpha value is -1.53. The van der Waals surface area contributed by atoms with Gasteiger partial charge in [0.1, 0.15) is 5.82 Å². The molecule has 5 nitrogen and oxygen atoms in total. The number of aryl methyl sites for hydroxylation is 2. The van der Waals surface area contributed by atoms with Crippen LogP contribution in [0.5, 0.6) is 0 Å². The Morgan fingerprint density at radius 2 is 1.94 bits per heavy atom. The minimum Gasteiger partial charge on any atom is -0.308 e. The maximum atomic E-state index is 5.55. The molecule has 2 heterocycles. The molecule has 96 valence electrons. The van der Waals surface area contributed by atoms with Gasteiger partial charge in [-0.2, -0.15) is 0 Å². The zero-order valence-corrected chi connectivity index (χ0v) is 11.8. The van der Waals surface area contributed by atoms with E-state index in [0.717, 1.165) is 22.0 Å². The predicted molar refractivity (Wildman–Crippen MR) is 74.5 cm³/mol. The van der Waals surface area contributed by atoms with Crippen LogP contribution in [-0.2, 0) is 0 Å². The van der Waals surface area contributed by atoms with Crippen molar-refractivity contribution in [1.82, 2.24) is 15.0 Å². The first kappa shape index (κ1) is 12.9. The number of aromatic nitrogens is 3. The van der Waals surface area contributed by atoms with E-state index in [4.69, 9.17) is 5.84 Å². The number of anilines is 1. The van der Waals surface area contributed by atoms with Crippen molar-refractivity contribution in [3.05, 3.63) is 22.3 Å². The minimum absolute atomic E-state index is 0.322. The monoisotopic (exact) mass is 263 g/mol. The number of rotatable bonds is 3. The van der Waals surface area contributed by atoms with E-state index in [9.17, 15) is 0 Å². The molecule has 0 atom stereocenters. The molecule has 0 fully saturated rings. The Balaban J connectivity index is 2.55. The van der Waals surface area contributed by atoms with E-state index in [1.54, 1.807) is 11.3 Å². The fraction of sp³-hybridized carbons (Fsp3) is 0.417. The Morgan fingerprint density at radius 1 is 1.22 bits per heavy atom. The summed E-state index contributed by atoms with van der Waals surface area (Å²) in [6, 6.07) is 0. The fourth-order valence-electron chi connectivity index (χ4n) is 1.94. The number of hydrogen-bond acceptors (Lipinski definition) is 6. The number of hydrazine groups is 1. The Bertz CT molecular complexity index is 562. The average Bonchev–Trinajstić information content (AvgIpc) is 2.74. The molecular weight excluding hydrogens is 246 g/mol. The number of hydrogen-bond donors (Lipinski definition) is 2. The number of nitrogens with one attached hydrogen (secondary N) is 1. The summed E-state index contributed by atoms with van der Waals surface area (Å²) in [5, 5.41) is 2.81. The molecule has 0 spiro atoms. The molecule has 0 bridgehead atoms. The first-order valence-electron chi connectivity index (χ1n) is 5.80. The van der Waals surface area contributed by atoms with Crippen LogP contribution >= 0.6 is 11.3 Å². The van der Waals surface area contributed by atoms with Crippen molar-refractivity contribution in [2.24, 2.45) is 5.84 Å². The van der Waals surface area contributed by atoms with Crippen LogP contribution in [0.1, 0.15) is 36.7 Å². The molecule has 2 aromatic heterocycles. The van der Waals surface area contributed by atoms with E-state index in [1.165, 1.54) is 0 Å². The van der Waals surface area contributed by atoms with Gasteiger partial charge in [0.05, 0.1) is 0 Å². The average molecular weight is 263 g/mol. The molecule has 0 aromatic carbocycles. The van der Waals surface area contributed by atoms with E-state index in [0.29, 0.717) is 17.6 Å². The second-order valence-corrected chi connectivity index (χ2v) is 5.35. The highest BCUT2D eigenvalue weighted by Crippen LogP contribution is 2.28. The van der Waals surface area contributed by atoms with Gasteiger partial charge in [-0.3, -0.25) is 0 Å². The third-order valence-electron chi connectivity index (χ3n) is 2.66. The van der Waals surface area contributed by atoms with Crippen molar-refractivity contribution in [2.45, 2.75) is 33.6 Å². The first-order valence-corrected chi connectivity index (χ1v) is 6.68. The van der Waals surface area contributed by atoms with Crippen LogP contribution in [0.4, 0.5) is 5.82 Å². The second kappa shape index (κ2) is 4.99. The lowest BCUT2D eigenvalue weighted by Gasteiger charge is -2.14. The highest BCUT2D eigenvalue weighted by Gasteiger charge is 2.16. The summed E-state index contributed by atoms with van der Waals surface area (Å²) in [4.78, 5) is 13.4. The topological polar surface area (TPSA) is 76.7 Å². The lowest BCUT2D eigenvalue weighted by Crippen LogP contribution is -2.14. The zero-order chi connectivity index (χ0) is 13.3. The number of thiazole rings is 1. The van der Waals surface area contributed by atoms with Crippen LogP contribution in [0.3, 0.4) is 0 Å². The largest absolute Gasteiger partial charge is 0.308 e. The lowest BCUT2D eigenvalue weighted by atomic mass is 10.0. The van der Waals surface area contributed by atoms with Crippen molar-refractivity contribution in [2.75, 3.05) is 5.43 Å². The molecule has 0 unspecified atom stereocenters. The third kappa shape index (κ3) is 2.34. The van der Waals surface area contributed by atoms with Crippen LogP contribution in [0.25, 0.3) is 10.8 Å². The quantitative estimate of drug-likeness (QED) is 0.657. The lowest BCUT2D eigenvalue weighted by molar-refractivity contribution is 0.831. The summed E-state index contributed by atoms with van der Waals surface area (Å²) in [7, 11) is 0. The highest BCUT2D eigenvalue weighted by molar-refractivity contribution is 7.13. The van der Waals surface area contributed by atoms with Crippen LogP contribution in [0.2, 0.25) is 0 Å². The predicted octanol–water partition coefficient (Wildman–Crippen LogP) is 2.63. The van der Waals surface area contributed by atoms with Crippen LogP contribution < -0.4 is 11.3 Å². The molecule has 0 aliphatic carbocycles. The Labute approximate surface area is 110 Å². The molecule has 2 rings (SSSR count). The van der Waals surface area contributed by atoms with Crippen molar-refractivity contribution < 1.29 is 0 Å². The summed E-state index contributed by atoms with van der Waals surface area (Å²) < 4.78 is 0. The smallest absolute Gasteiger partial charge is 0.190 e. The minimum atomic E-state index is 0.322. The molecule has 0 aliphatic heterocycles. The highest BCUT2D eigenvalue weighted by atomic mass is 32.1. The van der Waals surface area contributed by atoms with Crippen molar-refractivity contribution in [3.8, 4) is 10.8 Å². The molecule has 0 radical (unpaired) electrons. The van der Waals surface area contributed by atoms with Gasteiger partial charge in [-0.25, -0.2) is 20.8 Å². The summed E-state index contributed by atoms with van der Waals surface area (Å²) in [6.45, 7) is 8.12. The second-order valence-electron chi connectivity index (χ2n) is 4.49. The number of nitrogen functional groups attached to an aromatic ring is 1. The molecule has 0 aliphatic rings. The van der Waals surface area contributed by atoms with E-state index in [-0.39, 0.29) is 0 Å². The normalized spacial score (nSPS) is 11.0. The molecule has 0 saturated heterocycles. The van der Waals surface area contributed by atoms with Crippen molar-refractivity contribution >= 4 is 17.2 Å². The van der Waals surface area contributed by atoms with Crippen LogP contribution in [0.15, 0.2) is 5.38 Å². The van der Waals surface area contributed by atoms with Crippen molar-refractivity contribution in [3.63, 3.8) is 0 Å². The Kier molecular flexibility index (Phi) is 3.58. The van der Waals surface area contributed by atoms with E-state index < -0.39 is 0 Å². The van der Waals surface area contributed by atoms with Gasteiger partial charge in [-0.1, -0.05) is 13.8 Å². The molecular formula is C12H17N5S. The van der Waals surface area contributed by atoms with Gasteiger partial charge in [0.15, 0.2) is 10.8 Å². The van der Waals surface area contributed by atoms with Gasteiger partial charge >= 0.3 is 0 Å². The first-order chi connectivity index (χ1) is 8.52. The molecule has 18 heavy (non-hydrogen) atoms. The van der Waals surface area contributed by atoms with Gasteiger partial charge in [-0.05, 0) is 19.8 Å².